The van der Waals surface area contributed by atoms with Crippen molar-refractivity contribution in [1.82, 2.24) is 19.6 Å². The van der Waals surface area contributed by atoms with Crippen LogP contribution in [0.5, 0.6) is 0 Å². The van der Waals surface area contributed by atoms with Gasteiger partial charge in [0.2, 0.25) is 5.91 Å². The Kier molecular flexibility index (Phi) is 3.78. The lowest BCUT2D eigenvalue weighted by atomic mass is 9.88. The Hall–Kier alpha value is -1.62. The number of aromatic nitrogens is 2. The van der Waals surface area contributed by atoms with Crippen LogP contribution in [-0.2, 0) is 17.9 Å². The fourth-order valence-electron chi connectivity index (χ4n) is 5.73. The minimum atomic E-state index is 0.268. The van der Waals surface area contributed by atoms with E-state index in [9.17, 15) is 4.79 Å². The van der Waals surface area contributed by atoms with Gasteiger partial charge in [0.25, 0.3) is 0 Å². The molecule has 1 aliphatic heterocycles. The number of nitrogens with zero attached hydrogens (tertiary/aromatic N) is 4. The molecule has 5 heteroatoms. The first-order valence-electron chi connectivity index (χ1n) is 10.3. The fourth-order valence-corrected chi connectivity index (χ4v) is 5.73. The van der Waals surface area contributed by atoms with Gasteiger partial charge >= 0.3 is 0 Å². The first kappa shape index (κ1) is 16.5. The summed E-state index contributed by atoms with van der Waals surface area (Å²) in [6.45, 7) is 9.80. The monoisotopic (exact) mass is 354 g/mol. The van der Waals surface area contributed by atoms with Crippen molar-refractivity contribution in [3.05, 3.63) is 29.6 Å². The van der Waals surface area contributed by atoms with Crippen molar-refractivity contribution in [2.24, 2.45) is 23.2 Å². The molecule has 3 aliphatic carbocycles. The third-order valence-electron chi connectivity index (χ3n) is 7.49. The van der Waals surface area contributed by atoms with E-state index >= 15 is 0 Å². The van der Waals surface area contributed by atoms with Gasteiger partial charge in [-0.2, -0.15) is 5.10 Å². The third kappa shape index (κ3) is 2.47. The van der Waals surface area contributed by atoms with Crippen LogP contribution in [0.25, 0.3) is 0 Å². The maximum atomic E-state index is 13.1. The minimum Gasteiger partial charge on any atom is -0.340 e. The summed E-state index contributed by atoms with van der Waals surface area (Å²) in [6, 6.07) is 0. The Morgan fingerprint density at radius 2 is 2.00 bits per heavy atom. The van der Waals surface area contributed by atoms with Crippen molar-refractivity contribution < 1.29 is 4.79 Å². The highest BCUT2D eigenvalue weighted by Gasteiger charge is 2.64. The van der Waals surface area contributed by atoms with Crippen molar-refractivity contribution in [2.45, 2.75) is 46.2 Å². The van der Waals surface area contributed by atoms with Crippen molar-refractivity contribution in [2.75, 3.05) is 26.2 Å². The highest BCUT2D eigenvalue weighted by molar-refractivity contribution is 5.80. The molecular weight excluding hydrogens is 324 g/mol. The van der Waals surface area contributed by atoms with Gasteiger partial charge in [-0.05, 0) is 50.4 Å². The van der Waals surface area contributed by atoms with E-state index in [2.05, 4.69) is 47.1 Å². The van der Waals surface area contributed by atoms with Gasteiger partial charge in [0.05, 0.1) is 5.69 Å². The van der Waals surface area contributed by atoms with Crippen LogP contribution in [0.2, 0.25) is 0 Å². The Bertz CT molecular complexity index is 739. The standard InChI is InChI=1S/C21H30N4O/c1-3-25-14-16(15(2)22-25)13-23-8-10-24(11-9-23)20(26)18-12-17-4-5-19(18)21(17)6-7-21/h4-5,14,17-19H,3,6-13H2,1-2H3. The van der Waals surface area contributed by atoms with E-state index in [0.717, 1.165) is 51.4 Å². The predicted molar refractivity (Wildman–Crippen MR) is 100 cm³/mol. The molecule has 3 atom stereocenters. The topological polar surface area (TPSA) is 41.4 Å². The molecular formula is C21H30N4O. The first-order valence-corrected chi connectivity index (χ1v) is 10.3. The third-order valence-corrected chi connectivity index (χ3v) is 7.49. The Morgan fingerprint density at radius 3 is 2.62 bits per heavy atom. The number of carbonyl (C=O) groups excluding carboxylic acids is 1. The van der Waals surface area contributed by atoms with Crippen molar-refractivity contribution in [3.8, 4) is 0 Å². The summed E-state index contributed by atoms with van der Waals surface area (Å²) < 4.78 is 2.01. The van der Waals surface area contributed by atoms with Gasteiger partial charge in [-0.3, -0.25) is 14.4 Å². The van der Waals surface area contributed by atoms with Gasteiger partial charge in [-0.15, -0.1) is 0 Å². The van der Waals surface area contributed by atoms with E-state index in [1.807, 2.05) is 4.68 Å². The van der Waals surface area contributed by atoms with Crippen LogP contribution < -0.4 is 0 Å². The van der Waals surface area contributed by atoms with Crippen LogP contribution in [0.1, 0.15) is 37.4 Å². The summed E-state index contributed by atoms with van der Waals surface area (Å²) in [5, 5.41) is 4.55. The molecule has 5 rings (SSSR count). The second-order valence-electron chi connectivity index (χ2n) is 8.79. The summed E-state index contributed by atoms with van der Waals surface area (Å²) in [7, 11) is 0. The van der Waals surface area contributed by atoms with E-state index in [1.54, 1.807) is 0 Å². The van der Waals surface area contributed by atoms with Crippen LogP contribution >= 0.6 is 0 Å². The van der Waals surface area contributed by atoms with Crippen molar-refractivity contribution in [3.63, 3.8) is 0 Å². The van der Waals surface area contributed by atoms with Gasteiger partial charge in [-0.25, -0.2) is 0 Å². The molecule has 0 radical (unpaired) electrons. The number of aryl methyl sites for hydroxylation is 2. The van der Waals surface area contributed by atoms with Gasteiger partial charge in [-0.1, -0.05) is 12.2 Å². The first-order chi connectivity index (χ1) is 12.6. The average molecular weight is 354 g/mol. The number of rotatable bonds is 4. The molecule has 1 aromatic rings. The summed E-state index contributed by atoms with van der Waals surface area (Å²) in [5.74, 6) is 1.94. The number of hydrogen-bond acceptors (Lipinski definition) is 3. The maximum Gasteiger partial charge on any atom is 0.226 e. The molecule has 0 aromatic carbocycles. The number of hydrogen-bond donors (Lipinski definition) is 0. The molecule has 1 spiro atoms. The lowest BCUT2D eigenvalue weighted by Gasteiger charge is -2.37. The highest BCUT2D eigenvalue weighted by Crippen LogP contribution is 2.70. The summed E-state index contributed by atoms with van der Waals surface area (Å²) in [5.41, 5.74) is 2.97. The van der Waals surface area contributed by atoms with E-state index in [1.165, 1.54) is 18.4 Å². The smallest absolute Gasteiger partial charge is 0.226 e. The molecule has 140 valence electrons. The molecule has 1 saturated heterocycles. The summed E-state index contributed by atoms with van der Waals surface area (Å²) in [6.07, 6.45) is 10.7. The number of amides is 1. The molecule has 2 heterocycles. The predicted octanol–water partition coefficient (Wildman–Crippen LogP) is 2.46. The zero-order valence-corrected chi connectivity index (χ0v) is 16.0. The Morgan fingerprint density at radius 1 is 1.23 bits per heavy atom. The lowest BCUT2D eigenvalue weighted by molar-refractivity contribution is -0.138. The van der Waals surface area contributed by atoms with E-state index < -0.39 is 0 Å². The maximum absolute atomic E-state index is 13.1. The zero-order chi connectivity index (χ0) is 17.9. The Balaban J connectivity index is 1.18. The quantitative estimate of drug-likeness (QED) is 0.780. The molecule has 26 heavy (non-hydrogen) atoms. The molecule has 4 aliphatic rings. The molecule has 1 amide bonds. The SMILES string of the molecule is CCn1cc(CN2CCN(C(=O)C3CC4C=CC3C43CC3)CC2)c(C)n1. The number of piperazine rings is 1. The fraction of sp³-hybridized carbons (Fsp3) is 0.714. The van der Waals surface area contributed by atoms with Crippen LogP contribution in [0.3, 0.4) is 0 Å². The molecule has 3 fully saturated rings. The van der Waals surface area contributed by atoms with Crippen LogP contribution in [-0.4, -0.2) is 51.7 Å². The van der Waals surface area contributed by atoms with Gasteiger partial charge in [0.15, 0.2) is 0 Å². The van der Waals surface area contributed by atoms with Crippen LogP contribution in [0, 0.1) is 30.1 Å². The van der Waals surface area contributed by atoms with Crippen molar-refractivity contribution >= 4 is 5.91 Å². The molecule has 3 unspecified atom stereocenters. The van der Waals surface area contributed by atoms with E-state index in [4.69, 9.17) is 0 Å². The summed E-state index contributed by atoms with van der Waals surface area (Å²) in [4.78, 5) is 17.7. The molecule has 1 aromatic heterocycles. The average Bonchev–Trinajstić information content (AvgIpc) is 3.20. The normalized spacial score (nSPS) is 31.9. The van der Waals surface area contributed by atoms with E-state index in [-0.39, 0.29) is 5.92 Å². The second kappa shape index (κ2) is 5.95. The summed E-state index contributed by atoms with van der Waals surface area (Å²) >= 11 is 0. The van der Waals surface area contributed by atoms with Gasteiger partial charge < -0.3 is 4.90 Å². The molecule has 2 bridgehead atoms. The minimum absolute atomic E-state index is 0.268. The lowest BCUT2D eigenvalue weighted by Crippen LogP contribution is -2.50. The number of carbonyl (C=O) groups is 1. The molecule has 5 nitrogen and oxygen atoms in total. The zero-order valence-electron chi connectivity index (χ0n) is 16.0. The van der Waals surface area contributed by atoms with Gasteiger partial charge in [0, 0.05) is 56.9 Å². The number of allylic oxidation sites excluding steroid dienone is 2. The molecule has 2 saturated carbocycles. The van der Waals surface area contributed by atoms with Crippen LogP contribution in [0.15, 0.2) is 18.3 Å². The van der Waals surface area contributed by atoms with E-state index in [0.29, 0.717) is 23.2 Å². The Labute approximate surface area is 156 Å². The highest BCUT2D eigenvalue weighted by atomic mass is 16.2. The van der Waals surface area contributed by atoms with Crippen molar-refractivity contribution in [1.29, 1.82) is 0 Å². The second-order valence-corrected chi connectivity index (χ2v) is 8.79. The molecule has 0 N–H and O–H groups in total. The van der Waals surface area contributed by atoms with Gasteiger partial charge in [0.1, 0.15) is 0 Å². The largest absolute Gasteiger partial charge is 0.340 e. The van der Waals surface area contributed by atoms with Crippen LogP contribution in [0.4, 0.5) is 0 Å².